The topological polar surface area (TPSA) is 177 Å². The van der Waals surface area contributed by atoms with Crippen molar-refractivity contribution in [2.45, 2.75) is 89.6 Å². The summed E-state index contributed by atoms with van der Waals surface area (Å²) in [6, 6.07) is 17.7. The molecule has 3 aromatic rings. The van der Waals surface area contributed by atoms with Crippen LogP contribution in [0.15, 0.2) is 75.2 Å². The fourth-order valence-electron chi connectivity index (χ4n) is 7.33. The molecule has 5 N–H and O–H groups in total. The van der Waals surface area contributed by atoms with Crippen LogP contribution in [0.25, 0.3) is 0 Å². The Bertz CT molecular complexity index is 1730. The van der Waals surface area contributed by atoms with Crippen LogP contribution in [0.1, 0.15) is 50.3 Å². The summed E-state index contributed by atoms with van der Waals surface area (Å²) < 4.78 is 20.4. The predicted molar refractivity (Wildman–Crippen MR) is 191 cm³/mol. The van der Waals surface area contributed by atoms with Crippen LogP contribution >= 0.6 is 0 Å². The number of nitrogens with zero attached hydrogens (tertiary/aromatic N) is 3. The van der Waals surface area contributed by atoms with Gasteiger partial charge in [0.25, 0.3) is 5.56 Å². The Morgan fingerprint density at radius 2 is 1.53 bits per heavy atom. The number of hydrogen-bond acceptors (Lipinski definition) is 11. The van der Waals surface area contributed by atoms with Crippen molar-refractivity contribution in [1.29, 1.82) is 0 Å². The van der Waals surface area contributed by atoms with Crippen LogP contribution in [-0.4, -0.2) is 91.2 Å². The minimum atomic E-state index is -1.58. The summed E-state index contributed by atoms with van der Waals surface area (Å²) in [6.45, 7) is 6.41. The molecule has 5 rings (SSSR count). The van der Waals surface area contributed by atoms with Crippen LogP contribution in [-0.2, 0) is 41.5 Å². The van der Waals surface area contributed by atoms with E-state index in [1.165, 1.54) is 14.1 Å². The second-order valence-electron chi connectivity index (χ2n) is 13.8. The zero-order valence-corrected chi connectivity index (χ0v) is 30.0. The number of aromatic nitrogens is 2. The molecule has 0 radical (unpaired) electrons. The van der Waals surface area contributed by atoms with E-state index in [1.807, 2.05) is 60.7 Å². The molecular formula is C38H52N4O9. The van der Waals surface area contributed by atoms with Crippen LogP contribution in [0.2, 0.25) is 0 Å². The van der Waals surface area contributed by atoms with Gasteiger partial charge in [-0.05, 0) is 35.3 Å². The van der Waals surface area contributed by atoms with Gasteiger partial charge < -0.3 is 40.0 Å². The monoisotopic (exact) mass is 708 g/mol. The van der Waals surface area contributed by atoms with Crippen molar-refractivity contribution in [2.24, 2.45) is 36.8 Å². The SMILES string of the molecule is CCC1C[C@@H](OCc2ccccc2)C(NCC(=NC2[C@H](OCc3ccccc3)OC(CO)[C@H](O)[C@@H]2O)c2c(O)n(C)c(=O)n(C)c2=O)[C@@H](C)[C@H]1C. The van der Waals surface area contributed by atoms with Crippen molar-refractivity contribution < 1.29 is 34.6 Å². The number of aliphatic imine (C=N–C) groups is 1. The van der Waals surface area contributed by atoms with Crippen molar-refractivity contribution in [3.63, 3.8) is 0 Å². The molecule has 278 valence electrons. The molecule has 1 saturated heterocycles. The largest absolute Gasteiger partial charge is 0.494 e. The first-order valence-corrected chi connectivity index (χ1v) is 17.7. The minimum Gasteiger partial charge on any atom is -0.494 e. The van der Waals surface area contributed by atoms with Crippen molar-refractivity contribution in [1.82, 2.24) is 14.5 Å². The van der Waals surface area contributed by atoms with Gasteiger partial charge >= 0.3 is 5.69 Å². The summed E-state index contributed by atoms with van der Waals surface area (Å²) >= 11 is 0. The lowest BCUT2D eigenvalue weighted by molar-refractivity contribution is -0.268. The van der Waals surface area contributed by atoms with Gasteiger partial charge in [-0.25, -0.2) is 4.79 Å². The second kappa shape index (κ2) is 17.2. The quantitative estimate of drug-likeness (QED) is 0.165. The molecule has 13 nitrogen and oxygen atoms in total. The predicted octanol–water partition coefficient (Wildman–Crippen LogP) is 1.85. The molecule has 0 bridgehead atoms. The molecule has 51 heavy (non-hydrogen) atoms. The molecule has 4 unspecified atom stereocenters. The van der Waals surface area contributed by atoms with E-state index >= 15 is 0 Å². The maximum atomic E-state index is 13.7. The van der Waals surface area contributed by atoms with Gasteiger partial charge in [-0.3, -0.25) is 18.9 Å². The van der Waals surface area contributed by atoms with Crippen LogP contribution in [0, 0.1) is 17.8 Å². The van der Waals surface area contributed by atoms with E-state index in [0.29, 0.717) is 18.4 Å². The average Bonchev–Trinajstić information content (AvgIpc) is 3.15. The lowest BCUT2D eigenvalue weighted by Crippen LogP contribution is -2.59. The van der Waals surface area contributed by atoms with Gasteiger partial charge in [-0.15, -0.1) is 0 Å². The standard InChI is InChI=1S/C38H52N4O9/c1-6-26-17-28(49-20-24-13-9-7-10-14-24)31(23(3)22(26)2)39-18-27(30-35(46)41(4)38(48)42(5)36(30)47)40-32-34(45)33(44)29(19-43)51-37(32)50-21-25-15-11-8-12-16-25/h7-16,22-23,26,28-29,31-34,37,39,43-46H,6,17-21H2,1-5H3/t22-,23+,26?,28-,29?,31?,32?,33+,34-,37-/m1/s1. The van der Waals surface area contributed by atoms with Gasteiger partial charge in [0, 0.05) is 26.7 Å². The summed E-state index contributed by atoms with van der Waals surface area (Å²) in [5, 5.41) is 47.1. The average molecular weight is 709 g/mol. The van der Waals surface area contributed by atoms with Gasteiger partial charge in [0.1, 0.15) is 29.9 Å². The fourth-order valence-corrected chi connectivity index (χ4v) is 7.33. The molecule has 1 aliphatic heterocycles. The molecule has 1 aromatic heterocycles. The maximum absolute atomic E-state index is 13.7. The molecular weight excluding hydrogens is 656 g/mol. The van der Waals surface area contributed by atoms with Gasteiger partial charge in [0.2, 0.25) is 5.88 Å². The number of nitrogens with one attached hydrogen (secondary N) is 1. The van der Waals surface area contributed by atoms with E-state index in [9.17, 15) is 30.0 Å². The Balaban J connectivity index is 1.54. The van der Waals surface area contributed by atoms with Crippen molar-refractivity contribution in [2.75, 3.05) is 13.2 Å². The molecule has 0 spiro atoms. The number of hydrogen-bond donors (Lipinski definition) is 5. The van der Waals surface area contributed by atoms with Crippen LogP contribution in [0.4, 0.5) is 0 Å². The van der Waals surface area contributed by atoms with E-state index < -0.39 is 54.4 Å². The summed E-state index contributed by atoms with van der Waals surface area (Å²) in [5.41, 5.74) is 0.122. The summed E-state index contributed by atoms with van der Waals surface area (Å²) in [5.74, 6) is 0.321. The van der Waals surface area contributed by atoms with Crippen molar-refractivity contribution >= 4 is 5.71 Å². The molecule has 1 aliphatic carbocycles. The highest BCUT2D eigenvalue weighted by atomic mass is 16.7. The third kappa shape index (κ3) is 8.52. The minimum absolute atomic E-state index is 0.0265. The van der Waals surface area contributed by atoms with Crippen LogP contribution in [0.3, 0.4) is 0 Å². The Kier molecular flexibility index (Phi) is 13.0. The Morgan fingerprint density at radius 3 is 2.12 bits per heavy atom. The molecule has 13 heteroatoms. The van der Waals surface area contributed by atoms with Gasteiger partial charge in [0.05, 0.1) is 31.6 Å². The Morgan fingerprint density at radius 1 is 0.922 bits per heavy atom. The Labute approximate surface area is 298 Å². The lowest BCUT2D eigenvalue weighted by atomic mass is 9.68. The van der Waals surface area contributed by atoms with E-state index in [-0.39, 0.29) is 42.5 Å². The molecule has 0 amide bonds. The number of rotatable bonds is 13. The third-order valence-electron chi connectivity index (χ3n) is 10.7. The van der Waals surface area contributed by atoms with E-state index in [0.717, 1.165) is 33.1 Å². The van der Waals surface area contributed by atoms with E-state index in [1.54, 1.807) is 0 Å². The number of benzene rings is 2. The summed E-state index contributed by atoms with van der Waals surface area (Å²) in [7, 11) is 2.65. The first-order valence-electron chi connectivity index (χ1n) is 17.7. The number of aliphatic hydroxyl groups is 3. The molecule has 1 saturated carbocycles. The summed E-state index contributed by atoms with van der Waals surface area (Å²) in [6.07, 6.45) is -3.92. The number of aliphatic hydroxyl groups excluding tert-OH is 3. The lowest BCUT2D eigenvalue weighted by Gasteiger charge is -2.45. The maximum Gasteiger partial charge on any atom is 0.333 e. The van der Waals surface area contributed by atoms with Crippen LogP contribution < -0.4 is 16.6 Å². The third-order valence-corrected chi connectivity index (χ3v) is 10.7. The highest BCUT2D eigenvalue weighted by molar-refractivity contribution is 6.03. The van der Waals surface area contributed by atoms with E-state index in [4.69, 9.17) is 19.2 Å². The normalized spacial score (nSPS) is 30.0. The van der Waals surface area contributed by atoms with Gasteiger partial charge in [0.15, 0.2) is 6.29 Å². The fraction of sp³-hybridized carbons (Fsp3) is 0.553. The zero-order chi connectivity index (χ0) is 36.8. The highest BCUT2D eigenvalue weighted by Crippen LogP contribution is 2.38. The molecule has 2 aromatic carbocycles. The highest BCUT2D eigenvalue weighted by Gasteiger charge is 2.46. The number of aromatic hydroxyl groups is 1. The van der Waals surface area contributed by atoms with Gasteiger partial charge in [-0.1, -0.05) is 87.9 Å². The molecule has 2 fully saturated rings. The zero-order valence-electron chi connectivity index (χ0n) is 30.0. The first kappa shape index (κ1) is 38.5. The molecule has 2 heterocycles. The van der Waals surface area contributed by atoms with E-state index in [2.05, 4.69) is 26.1 Å². The van der Waals surface area contributed by atoms with Gasteiger partial charge in [-0.2, -0.15) is 0 Å². The Hall–Kier alpha value is -3.69. The van der Waals surface area contributed by atoms with Crippen molar-refractivity contribution in [3.8, 4) is 5.88 Å². The summed E-state index contributed by atoms with van der Waals surface area (Å²) in [4.78, 5) is 31.2. The first-order chi connectivity index (χ1) is 24.5. The molecule has 10 atom stereocenters. The van der Waals surface area contributed by atoms with Crippen molar-refractivity contribution in [3.05, 3.63) is 98.2 Å². The number of ether oxygens (including phenoxy) is 3. The molecule has 2 aliphatic rings. The van der Waals surface area contributed by atoms with Crippen LogP contribution in [0.5, 0.6) is 5.88 Å². The smallest absolute Gasteiger partial charge is 0.333 e. The second-order valence-corrected chi connectivity index (χ2v) is 13.8.